The fraction of sp³-hybridized carbons (Fsp3) is 0.200. The van der Waals surface area contributed by atoms with Crippen LogP contribution < -0.4 is 10.7 Å². The number of anilines is 2. The monoisotopic (exact) mass is 323 g/mol. The second-order valence-corrected chi connectivity index (χ2v) is 4.70. The second-order valence-electron chi connectivity index (χ2n) is 3.91. The number of nitrogen functional groups attached to an aromatic ring is 1. The maximum absolute atomic E-state index is 9.48. The number of hydrogen-bond donors (Lipinski definition) is 2. The molecule has 3 heterocycles. The van der Waals surface area contributed by atoms with Gasteiger partial charge in [-0.05, 0) is 22.0 Å². The Morgan fingerprint density at radius 3 is 2.89 bits per heavy atom. The van der Waals surface area contributed by atoms with Gasteiger partial charge in [0.2, 0.25) is 0 Å². The summed E-state index contributed by atoms with van der Waals surface area (Å²) in [4.78, 5) is 8.50. The molecular formula is C10H10BrN7O. The van der Waals surface area contributed by atoms with Gasteiger partial charge in [0.25, 0.3) is 5.95 Å². The van der Waals surface area contributed by atoms with Gasteiger partial charge in [0.05, 0.1) is 12.8 Å². The van der Waals surface area contributed by atoms with Gasteiger partial charge in [0, 0.05) is 12.4 Å². The van der Waals surface area contributed by atoms with Gasteiger partial charge in [-0.1, -0.05) is 0 Å². The van der Waals surface area contributed by atoms with Gasteiger partial charge in [-0.2, -0.15) is 20.2 Å². The van der Waals surface area contributed by atoms with E-state index < -0.39 is 6.10 Å². The normalized spacial score (nSPS) is 18.2. The fourth-order valence-electron chi connectivity index (χ4n) is 1.67. The van der Waals surface area contributed by atoms with Crippen LogP contribution in [0.1, 0.15) is 0 Å². The highest BCUT2D eigenvalue weighted by molar-refractivity contribution is 9.10. The first kappa shape index (κ1) is 12.1. The van der Waals surface area contributed by atoms with Crippen molar-refractivity contribution in [2.45, 2.75) is 6.10 Å². The Balaban J connectivity index is 2.06. The van der Waals surface area contributed by atoms with E-state index in [4.69, 9.17) is 5.73 Å². The molecule has 0 saturated carbocycles. The summed E-state index contributed by atoms with van der Waals surface area (Å²) < 4.78 is 2.04. The molecule has 9 heteroatoms. The van der Waals surface area contributed by atoms with Gasteiger partial charge >= 0.3 is 0 Å². The molecule has 1 aliphatic rings. The van der Waals surface area contributed by atoms with Gasteiger partial charge in [-0.3, -0.25) is 0 Å². The number of hydrazone groups is 1. The average Bonchev–Trinajstić information content (AvgIpc) is 3.03. The predicted molar refractivity (Wildman–Crippen MR) is 73.1 cm³/mol. The van der Waals surface area contributed by atoms with Crippen molar-refractivity contribution in [2.24, 2.45) is 5.10 Å². The van der Waals surface area contributed by atoms with Gasteiger partial charge in [-0.15, -0.1) is 0 Å². The highest BCUT2D eigenvalue weighted by Gasteiger charge is 2.22. The molecule has 0 fully saturated rings. The lowest BCUT2D eigenvalue weighted by atomic mass is 10.4. The first-order valence-electron chi connectivity index (χ1n) is 5.48. The zero-order chi connectivity index (χ0) is 13.4. The molecule has 0 radical (unpaired) electrons. The molecule has 0 aliphatic carbocycles. The molecular weight excluding hydrogens is 314 g/mol. The van der Waals surface area contributed by atoms with Gasteiger partial charge < -0.3 is 10.8 Å². The van der Waals surface area contributed by atoms with Gasteiger partial charge in [-0.25, -0.2) is 9.69 Å². The number of nitrogens with zero attached hydrogens (tertiary/aromatic N) is 6. The van der Waals surface area contributed by atoms with Crippen molar-refractivity contribution >= 4 is 33.8 Å². The molecule has 0 amide bonds. The molecule has 0 bridgehead atoms. The van der Waals surface area contributed by atoms with Crippen LogP contribution in [0.3, 0.4) is 0 Å². The third-order valence-electron chi connectivity index (χ3n) is 2.54. The standard InChI is InChI=1S/C10H10BrN7O/c11-7-8(12)15-10(17-3-1-2-13-17)16-9(7)18-5-6(19)4-14-18/h1-4,6,19H,5H2,(H2,12,15,16). The largest absolute Gasteiger partial charge is 0.385 e. The molecule has 0 spiro atoms. The van der Waals surface area contributed by atoms with E-state index in [0.717, 1.165) is 0 Å². The number of rotatable bonds is 2. The first-order valence-corrected chi connectivity index (χ1v) is 6.27. The summed E-state index contributed by atoms with van der Waals surface area (Å²) in [5, 5.41) is 19.1. The summed E-state index contributed by atoms with van der Waals surface area (Å²) in [6.07, 6.45) is 4.17. The van der Waals surface area contributed by atoms with Crippen molar-refractivity contribution in [2.75, 3.05) is 17.3 Å². The molecule has 1 aliphatic heterocycles. The van der Waals surface area contributed by atoms with E-state index in [1.807, 2.05) is 0 Å². The molecule has 8 nitrogen and oxygen atoms in total. The summed E-state index contributed by atoms with van der Waals surface area (Å²) >= 11 is 3.33. The predicted octanol–water partition coefficient (Wildman–Crippen LogP) is 0.174. The average molecular weight is 324 g/mol. The quantitative estimate of drug-likeness (QED) is 0.816. The third kappa shape index (κ3) is 2.17. The van der Waals surface area contributed by atoms with E-state index in [9.17, 15) is 5.11 Å². The molecule has 2 aromatic heterocycles. The molecule has 0 saturated heterocycles. The Kier molecular flexibility index (Phi) is 2.91. The van der Waals surface area contributed by atoms with E-state index in [-0.39, 0.29) is 5.82 Å². The summed E-state index contributed by atoms with van der Waals surface area (Å²) in [7, 11) is 0. The smallest absolute Gasteiger partial charge is 0.254 e. The fourth-order valence-corrected chi connectivity index (χ4v) is 2.05. The minimum Gasteiger partial charge on any atom is -0.385 e. The van der Waals surface area contributed by atoms with Crippen molar-refractivity contribution < 1.29 is 5.11 Å². The van der Waals surface area contributed by atoms with E-state index in [0.29, 0.717) is 22.8 Å². The summed E-state index contributed by atoms with van der Waals surface area (Å²) in [5.41, 5.74) is 5.85. The van der Waals surface area contributed by atoms with E-state index in [2.05, 4.69) is 36.1 Å². The molecule has 98 valence electrons. The van der Waals surface area contributed by atoms with Crippen LogP contribution >= 0.6 is 15.9 Å². The van der Waals surface area contributed by atoms with E-state index in [1.54, 1.807) is 23.5 Å². The van der Waals surface area contributed by atoms with E-state index >= 15 is 0 Å². The SMILES string of the molecule is Nc1nc(-n2cccn2)nc(N2CC(O)C=N2)c1Br. The van der Waals surface area contributed by atoms with Crippen LogP contribution in [0, 0.1) is 0 Å². The zero-order valence-electron chi connectivity index (χ0n) is 9.68. The van der Waals surface area contributed by atoms with Gasteiger partial charge in [0.15, 0.2) is 5.82 Å². The second kappa shape index (κ2) is 4.59. The molecule has 2 aromatic rings. The lowest BCUT2D eigenvalue weighted by Crippen LogP contribution is -2.23. The number of aliphatic hydroxyl groups is 1. The Bertz CT molecular complexity index is 627. The third-order valence-corrected chi connectivity index (χ3v) is 3.30. The Labute approximate surface area is 116 Å². The molecule has 0 aromatic carbocycles. The van der Waals surface area contributed by atoms with Crippen LogP contribution in [0.5, 0.6) is 0 Å². The minimum atomic E-state index is -0.615. The number of hydrogen-bond acceptors (Lipinski definition) is 7. The lowest BCUT2D eigenvalue weighted by Gasteiger charge is -2.16. The number of β-amino-alcohol motifs (C(OH)–C–C–N with tert-alkyl or cyclic N) is 1. The van der Waals surface area contributed by atoms with Crippen LogP contribution in [0.2, 0.25) is 0 Å². The summed E-state index contributed by atoms with van der Waals surface area (Å²) in [5.74, 6) is 1.12. The van der Waals surface area contributed by atoms with Crippen molar-refractivity contribution in [3.63, 3.8) is 0 Å². The van der Waals surface area contributed by atoms with Crippen LogP contribution in [0.25, 0.3) is 5.95 Å². The highest BCUT2D eigenvalue weighted by Crippen LogP contribution is 2.30. The summed E-state index contributed by atoms with van der Waals surface area (Å²) in [6.45, 7) is 0.327. The molecule has 19 heavy (non-hydrogen) atoms. The van der Waals surface area contributed by atoms with Crippen molar-refractivity contribution in [1.29, 1.82) is 0 Å². The molecule has 1 atom stereocenters. The van der Waals surface area contributed by atoms with Crippen LogP contribution in [0.4, 0.5) is 11.6 Å². The highest BCUT2D eigenvalue weighted by atomic mass is 79.9. The molecule has 3 rings (SSSR count). The van der Waals surface area contributed by atoms with Crippen LogP contribution in [-0.4, -0.2) is 43.7 Å². The number of aromatic nitrogens is 4. The van der Waals surface area contributed by atoms with Crippen LogP contribution in [0.15, 0.2) is 28.0 Å². The van der Waals surface area contributed by atoms with Crippen molar-refractivity contribution in [3.05, 3.63) is 22.9 Å². The number of aliphatic hydroxyl groups excluding tert-OH is 1. The number of nitrogens with two attached hydrogens (primary N) is 1. The lowest BCUT2D eigenvalue weighted by molar-refractivity contribution is 0.259. The topological polar surface area (TPSA) is 105 Å². The van der Waals surface area contributed by atoms with Crippen molar-refractivity contribution in [3.8, 4) is 5.95 Å². The van der Waals surface area contributed by atoms with Gasteiger partial charge in [0.1, 0.15) is 16.4 Å². The Hall–Kier alpha value is -2.00. The first-order chi connectivity index (χ1) is 9.15. The van der Waals surface area contributed by atoms with Crippen LogP contribution in [-0.2, 0) is 0 Å². The van der Waals surface area contributed by atoms with Crippen molar-refractivity contribution in [1.82, 2.24) is 19.7 Å². The van der Waals surface area contributed by atoms with E-state index in [1.165, 1.54) is 10.9 Å². The maximum Gasteiger partial charge on any atom is 0.254 e. The Morgan fingerprint density at radius 1 is 1.42 bits per heavy atom. The summed E-state index contributed by atoms with van der Waals surface area (Å²) in [6, 6.07) is 1.76. The maximum atomic E-state index is 9.48. The molecule has 1 unspecified atom stereocenters. The zero-order valence-corrected chi connectivity index (χ0v) is 11.3. The number of halogens is 1. The minimum absolute atomic E-state index is 0.284. The Morgan fingerprint density at radius 2 is 2.26 bits per heavy atom. The molecule has 3 N–H and O–H groups in total.